The normalized spacial score (nSPS) is 27.0. The molecule has 0 radical (unpaired) electrons. The molecule has 4 heteroatoms. The van der Waals surface area contributed by atoms with Gasteiger partial charge in [0.2, 0.25) is 0 Å². The summed E-state index contributed by atoms with van der Waals surface area (Å²) < 4.78 is 6.95. The Hall–Kier alpha value is 0.160. The molecule has 1 N–H and O–H groups in total. The third-order valence-corrected chi connectivity index (χ3v) is 6.10. The first-order chi connectivity index (χ1) is 9.10. The van der Waals surface area contributed by atoms with Gasteiger partial charge >= 0.3 is 0 Å². The Labute approximate surface area is 132 Å². The smallest absolute Gasteiger partial charge is 0.0820 e. The minimum Gasteiger partial charge on any atom is -0.388 e. The van der Waals surface area contributed by atoms with Crippen LogP contribution >= 0.6 is 34.2 Å². The second-order valence-corrected chi connectivity index (χ2v) is 7.33. The van der Waals surface area contributed by atoms with Crippen LogP contribution in [0.1, 0.15) is 43.8 Å². The molecule has 1 saturated carbocycles. The number of ether oxygens (including phenoxy) is 1. The summed E-state index contributed by atoms with van der Waals surface area (Å²) in [6.45, 7) is 0.778. The van der Waals surface area contributed by atoms with Gasteiger partial charge in [-0.25, -0.2) is 0 Å². The Bertz CT molecular complexity index is 473. The predicted octanol–water partition coefficient (Wildman–Crippen LogP) is 4.33. The fraction of sp³-hybridized carbons (Fsp3) is 0.600. The van der Waals surface area contributed by atoms with E-state index in [1.54, 1.807) is 0 Å². The molecule has 19 heavy (non-hydrogen) atoms. The number of halogens is 2. The Morgan fingerprint density at radius 3 is 2.84 bits per heavy atom. The summed E-state index contributed by atoms with van der Waals surface area (Å²) >= 11 is 8.35. The quantitative estimate of drug-likeness (QED) is 0.759. The van der Waals surface area contributed by atoms with Gasteiger partial charge in [0, 0.05) is 10.2 Å². The van der Waals surface area contributed by atoms with Crippen molar-refractivity contribution >= 4 is 34.2 Å². The van der Waals surface area contributed by atoms with Crippen molar-refractivity contribution < 1.29 is 9.84 Å². The average molecular weight is 393 g/mol. The van der Waals surface area contributed by atoms with E-state index in [-0.39, 0.29) is 5.60 Å². The lowest BCUT2D eigenvalue weighted by molar-refractivity contribution is -0.157. The fourth-order valence-electron chi connectivity index (χ4n) is 3.22. The van der Waals surface area contributed by atoms with Gasteiger partial charge in [0.25, 0.3) is 0 Å². The Morgan fingerprint density at radius 1 is 1.42 bits per heavy atom. The van der Waals surface area contributed by atoms with Crippen LogP contribution in [-0.4, -0.2) is 17.3 Å². The van der Waals surface area contributed by atoms with Gasteiger partial charge in [-0.15, -0.1) is 0 Å². The summed E-state index contributed by atoms with van der Waals surface area (Å²) in [5, 5.41) is 11.3. The van der Waals surface area contributed by atoms with Crippen molar-refractivity contribution in [3.8, 4) is 0 Å². The molecule has 2 nitrogen and oxygen atoms in total. The van der Waals surface area contributed by atoms with E-state index >= 15 is 0 Å². The van der Waals surface area contributed by atoms with Crippen LogP contribution in [0.25, 0.3) is 0 Å². The fourth-order valence-corrected chi connectivity index (χ4v) is 3.75. The molecule has 0 amide bonds. The van der Waals surface area contributed by atoms with Crippen LogP contribution in [0.15, 0.2) is 18.2 Å². The van der Waals surface area contributed by atoms with E-state index in [0.717, 1.165) is 46.4 Å². The number of aliphatic hydroxyl groups is 1. The van der Waals surface area contributed by atoms with Crippen molar-refractivity contribution in [2.24, 2.45) is 5.92 Å². The highest BCUT2D eigenvalue weighted by Crippen LogP contribution is 2.47. The molecule has 1 spiro atoms. The Kier molecular flexibility index (Phi) is 4.09. The highest BCUT2D eigenvalue weighted by atomic mass is 127. The van der Waals surface area contributed by atoms with E-state index in [1.807, 2.05) is 18.2 Å². The number of benzene rings is 1. The molecule has 1 saturated heterocycles. The summed E-state index contributed by atoms with van der Waals surface area (Å²) in [6, 6.07) is 5.86. The molecule has 1 aromatic rings. The van der Waals surface area contributed by atoms with Crippen LogP contribution in [0.3, 0.4) is 0 Å². The van der Waals surface area contributed by atoms with E-state index in [2.05, 4.69) is 22.6 Å². The molecule has 1 aromatic carbocycles. The molecule has 2 atom stereocenters. The summed E-state index contributed by atoms with van der Waals surface area (Å²) in [6.07, 6.45) is 5.08. The lowest BCUT2D eigenvalue weighted by Gasteiger charge is -2.48. The molecule has 3 rings (SSSR count). The van der Waals surface area contributed by atoms with Crippen LogP contribution in [0.4, 0.5) is 0 Å². The van der Waals surface area contributed by atoms with E-state index in [9.17, 15) is 5.11 Å². The monoisotopic (exact) mass is 392 g/mol. The third-order valence-electron chi connectivity index (χ3n) is 4.53. The number of hydrogen-bond acceptors (Lipinski definition) is 2. The van der Waals surface area contributed by atoms with Gasteiger partial charge in [0.15, 0.2) is 0 Å². The van der Waals surface area contributed by atoms with Crippen LogP contribution < -0.4 is 0 Å². The first kappa shape index (κ1) is 14.1. The van der Waals surface area contributed by atoms with Crippen LogP contribution in [0, 0.1) is 9.49 Å². The lowest BCUT2D eigenvalue weighted by Crippen LogP contribution is -2.46. The molecule has 2 fully saturated rings. The minimum absolute atomic E-state index is 0.0803. The first-order valence-corrected chi connectivity index (χ1v) is 8.32. The molecule has 2 aliphatic rings. The average Bonchev–Trinajstić information content (AvgIpc) is 2.39. The van der Waals surface area contributed by atoms with Gasteiger partial charge in [0.05, 0.1) is 16.7 Å². The van der Waals surface area contributed by atoms with Crippen LogP contribution in [0.5, 0.6) is 0 Å². The summed E-state index contributed by atoms with van der Waals surface area (Å²) in [7, 11) is 0. The van der Waals surface area contributed by atoms with E-state index < -0.39 is 6.10 Å². The molecule has 0 aromatic heterocycles. The Morgan fingerprint density at radius 2 is 2.21 bits per heavy atom. The highest BCUT2D eigenvalue weighted by Gasteiger charge is 2.44. The molecule has 1 heterocycles. The summed E-state index contributed by atoms with van der Waals surface area (Å²) in [4.78, 5) is 0. The van der Waals surface area contributed by atoms with Gasteiger partial charge in [0.1, 0.15) is 0 Å². The third kappa shape index (κ3) is 2.80. The molecule has 2 unspecified atom stereocenters. The number of aliphatic hydroxyl groups excluding tert-OH is 1. The molecule has 104 valence electrons. The van der Waals surface area contributed by atoms with Crippen molar-refractivity contribution in [3.63, 3.8) is 0 Å². The van der Waals surface area contributed by atoms with Gasteiger partial charge < -0.3 is 9.84 Å². The van der Waals surface area contributed by atoms with Gasteiger partial charge in [-0.3, -0.25) is 0 Å². The molecule has 0 bridgehead atoms. The zero-order valence-corrected chi connectivity index (χ0v) is 13.7. The number of hydrogen-bond donors (Lipinski definition) is 1. The highest BCUT2D eigenvalue weighted by molar-refractivity contribution is 14.1. The van der Waals surface area contributed by atoms with E-state index in [1.165, 1.54) is 6.42 Å². The van der Waals surface area contributed by atoms with Gasteiger partial charge in [-0.1, -0.05) is 17.7 Å². The standard InChI is InChI=1S/C15H18ClIO2/c16-12-8-10(2-3-13(12)17)14(18)11-4-7-19-15(9-11)5-1-6-15/h2-3,8,11,14,18H,1,4-7,9H2. The van der Waals surface area contributed by atoms with E-state index in [4.69, 9.17) is 16.3 Å². The summed E-state index contributed by atoms with van der Waals surface area (Å²) in [5.41, 5.74) is 1.02. The second-order valence-electron chi connectivity index (χ2n) is 5.76. The zero-order valence-electron chi connectivity index (χ0n) is 10.7. The maximum atomic E-state index is 10.6. The molecular formula is C15H18ClIO2. The molecular weight excluding hydrogens is 375 g/mol. The van der Waals surface area contributed by atoms with Crippen molar-refractivity contribution in [1.29, 1.82) is 0 Å². The summed E-state index contributed by atoms with van der Waals surface area (Å²) in [5.74, 6) is 0.296. The van der Waals surface area contributed by atoms with Crippen molar-refractivity contribution in [3.05, 3.63) is 32.4 Å². The first-order valence-electron chi connectivity index (χ1n) is 6.87. The SMILES string of the molecule is OC(c1ccc(I)c(Cl)c1)C1CCOC2(CCC2)C1. The lowest BCUT2D eigenvalue weighted by atomic mass is 9.70. The zero-order chi connectivity index (χ0) is 13.5. The second kappa shape index (κ2) is 5.51. The topological polar surface area (TPSA) is 29.5 Å². The largest absolute Gasteiger partial charge is 0.388 e. The van der Waals surface area contributed by atoms with E-state index in [0.29, 0.717) is 5.92 Å². The van der Waals surface area contributed by atoms with Crippen LogP contribution in [0.2, 0.25) is 5.02 Å². The van der Waals surface area contributed by atoms with Crippen molar-refractivity contribution in [2.45, 2.75) is 43.8 Å². The molecule has 1 aliphatic carbocycles. The Balaban J connectivity index is 1.75. The van der Waals surface area contributed by atoms with Crippen LogP contribution in [-0.2, 0) is 4.74 Å². The van der Waals surface area contributed by atoms with Gasteiger partial charge in [-0.2, -0.15) is 0 Å². The predicted molar refractivity (Wildman–Crippen MR) is 84.4 cm³/mol. The van der Waals surface area contributed by atoms with Crippen molar-refractivity contribution in [2.75, 3.05) is 6.61 Å². The van der Waals surface area contributed by atoms with Gasteiger partial charge in [-0.05, 0) is 78.3 Å². The molecule has 1 aliphatic heterocycles. The maximum Gasteiger partial charge on any atom is 0.0820 e. The van der Waals surface area contributed by atoms with Crippen molar-refractivity contribution in [1.82, 2.24) is 0 Å². The maximum absolute atomic E-state index is 10.6. The number of rotatable bonds is 2. The minimum atomic E-state index is -0.420.